The highest BCUT2D eigenvalue weighted by atomic mass is 19.1. The van der Waals surface area contributed by atoms with Gasteiger partial charge in [-0.15, -0.1) is 0 Å². The van der Waals surface area contributed by atoms with Crippen LogP contribution < -0.4 is 16.6 Å². The lowest BCUT2D eigenvalue weighted by atomic mass is 10.1. The van der Waals surface area contributed by atoms with Gasteiger partial charge in [-0.1, -0.05) is 24.3 Å². The molecule has 1 aromatic heterocycles. The molecule has 0 atom stereocenters. The maximum atomic E-state index is 13.0. The number of aromatic nitrogens is 2. The zero-order valence-electron chi connectivity index (χ0n) is 14.1. The number of amides is 2. The molecule has 0 aliphatic rings. The fraction of sp³-hybridized carbons (Fsp3) is 0.0526. The second-order valence-electron chi connectivity index (χ2n) is 5.70. The van der Waals surface area contributed by atoms with E-state index in [-0.39, 0.29) is 29.3 Å². The molecule has 0 saturated heterocycles. The minimum Gasteiger partial charge on any atom is -0.366 e. The van der Waals surface area contributed by atoms with Crippen molar-refractivity contribution < 1.29 is 14.0 Å². The Morgan fingerprint density at radius 3 is 2.44 bits per heavy atom. The molecule has 3 aromatic rings. The van der Waals surface area contributed by atoms with Crippen molar-refractivity contribution in [3.63, 3.8) is 0 Å². The predicted octanol–water partition coefficient (Wildman–Crippen LogP) is 1.78. The van der Waals surface area contributed by atoms with E-state index in [1.54, 1.807) is 12.1 Å². The first-order valence-electron chi connectivity index (χ1n) is 7.97. The van der Waals surface area contributed by atoms with Crippen molar-refractivity contribution >= 4 is 17.5 Å². The SMILES string of the molecule is NC(=O)c1ccccc1NC(=O)c1ccc(=O)n(Cc2ccc(F)cc2)n1. The highest BCUT2D eigenvalue weighted by molar-refractivity contribution is 6.07. The van der Waals surface area contributed by atoms with Gasteiger partial charge in [0.15, 0.2) is 0 Å². The van der Waals surface area contributed by atoms with Gasteiger partial charge >= 0.3 is 0 Å². The van der Waals surface area contributed by atoms with Crippen molar-refractivity contribution in [3.05, 3.63) is 93.7 Å². The van der Waals surface area contributed by atoms with Gasteiger partial charge in [0.2, 0.25) is 0 Å². The summed E-state index contributed by atoms with van der Waals surface area (Å²) in [5.41, 5.74) is 5.92. The number of halogens is 1. The fourth-order valence-electron chi connectivity index (χ4n) is 2.44. The van der Waals surface area contributed by atoms with E-state index < -0.39 is 17.4 Å². The standard InChI is InChI=1S/C19H15FN4O3/c20-13-7-5-12(6-8-13)11-24-17(25)10-9-16(23-24)19(27)22-15-4-2-1-3-14(15)18(21)26/h1-10H,11H2,(H2,21,26)(H,22,27). The lowest BCUT2D eigenvalue weighted by Crippen LogP contribution is -2.27. The predicted molar refractivity (Wildman–Crippen MR) is 96.9 cm³/mol. The lowest BCUT2D eigenvalue weighted by molar-refractivity contribution is 0.100. The summed E-state index contributed by atoms with van der Waals surface area (Å²) in [5, 5.41) is 6.60. The molecule has 2 amide bonds. The molecule has 8 heteroatoms. The Morgan fingerprint density at radius 2 is 1.74 bits per heavy atom. The summed E-state index contributed by atoms with van der Waals surface area (Å²) < 4.78 is 14.1. The summed E-state index contributed by atoms with van der Waals surface area (Å²) >= 11 is 0. The van der Waals surface area contributed by atoms with Crippen LogP contribution in [0.25, 0.3) is 0 Å². The third-order valence-electron chi connectivity index (χ3n) is 3.79. The van der Waals surface area contributed by atoms with Gasteiger partial charge in [0.25, 0.3) is 17.4 Å². The molecule has 0 aliphatic carbocycles. The zero-order chi connectivity index (χ0) is 19.4. The number of anilines is 1. The smallest absolute Gasteiger partial charge is 0.276 e. The monoisotopic (exact) mass is 366 g/mol. The summed E-state index contributed by atoms with van der Waals surface area (Å²) in [7, 11) is 0. The molecule has 2 aromatic carbocycles. The van der Waals surface area contributed by atoms with E-state index in [0.29, 0.717) is 5.56 Å². The molecule has 27 heavy (non-hydrogen) atoms. The molecule has 0 unspecified atom stereocenters. The number of para-hydroxylation sites is 1. The summed E-state index contributed by atoms with van der Waals surface area (Å²) in [5.74, 6) is -1.67. The first-order valence-corrected chi connectivity index (χ1v) is 7.97. The highest BCUT2D eigenvalue weighted by Gasteiger charge is 2.14. The van der Waals surface area contributed by atoms with Crippen LogP contribution >= 0.6 is 0 Å². The Kier molecular flexibility index (Phi) is 5.07. The molecule has 1 heterocycles. The van der Waals surface area contributed by atoms with Crippen molar-refractivity contribution in [1.29, 1.82) is 0 Å². The number of nitrogens with zero attached hydrogens (tertiary/aromatic N) is 2. The van der Waals surface area contributed by atoms with Crippen molar-refractivity contribution in [1.82, 2.24) is 9.78 Å². The van der Waals surface area contributed by atoms with Gasteiger partial charge in [0.1, 0.15) is 11.5 Å². The molecule has 0 saturated carbocycles. The van der Waals surface area contributed by atoms with Gasteiger partial charge in [-0.2, -0.15) is 5.10 Å². The van der Waals surface area contributed by atoms with Gasteiger partial charge in [0, 0.05) is 6.07 Å². The lowest BCUT2D eigenvalue weighted by Gasteiger charge is -2.10. The average Bonchev–Trinajstić information content (AvgIpc) is 2.65. The molecular weight excluding hydrogens is 351 g/mol. The summed E-state index contributed by atoms with van der Waals surface area (Å²) in [6.07, 6.45) is 0. The van der Waals surface area contributed by atoms with Crippen molar-refractivity contribution in [2.75, 3.05) is 5.32 Å². The number of carbonyl (C=O) groups excluding carboxylic acids is 2. The van der Waals surface area contributed by atoms with Crippen LogP contribution in [0.1, 0.15) is 26.4 Å². The second-order valence-corrected chi connectivity index (χ2v) is 5.70. The third kappa shape index (κ3) is 4.24. The zero-order valence-corrected chi connectivity index (χ0v) is 14.1. The molecule has 3 N–H and O–H groups in total. The van der Waals surface area contributed by atoms with Gasteiger partial charge in [0.05, 0.1) is 17.8 Å². The Morgan fingerprint density at radius 1 is 1.04 bits per heavy atom. The maximum absolute atomic E-state index is 13.0. The molecular formula is C19H15FN4O3. The molecule has 0 aliphatic heterocycles. The van der Waals surface area contributed by atoms with E-state index >= 15 is 0 Å². The van der Waals surface area contributed by atoms with Crippen molar-refractivity contribution in [2.45, 2.75) is 6.54 Å². The van der Waals surface area contributed by atoms with Crippen LogP contribution in [0.2, 0.25) is 0 Å². The first kappa shape index (κ1) is 18.0. The van der Waals surface area contributed by atoms with Crippen LogP contribution in [0.3, 0.4) is 0 Å². The molecule has 0 radical (unpaired) electrons. The number of rotatable bonds is 5. The normalized spacial score (nSPS) is 10.4. The molecule has 0 spiro atoms. The number of hydrogen-bond donors (Lipinski definition) is 2. The number of carbonyl (C=O) groups is 2. The molecule has 136 valence electrons. The number of hydrogen-bond acceptors (Lipinski definition) is 4. The van der Waals surface area contributed by atoms with Crippen LogP contribution in [-0.2, 0) is 6.54 Å². The second kappa shape index (κ2) is 7.61. The number of nitrogens with two attached hydrogens (primary N) is 1. The topological polar surface area (TPSA) is 107 Å². The minimum absolute atomic E-state index is 0.0176. The van der Waals surface area contributed by atoms with Crippen LogP contribution in [0.5, 0.6) is 0 Å². The number of nitrogens with one attached hydrogen (secondary N) is 1. The van der Waals surface area contributed by atoms with E-state index in [4.69, 9.17) is 5.73 Å². The Balaban J connectivity index is 1.85. The number of primary amides is 1. The Hall–Kier alpha value is -3.81. The van der Waals surface area contributed by atoms with E-state index in [0.717, 1.165) is 4.68 Å². The highest BCUT2D eigenvalue weighted by Crippen LogP contribution is 2.15. The molecule has 7 nitrogen and oxygen atoms in total. The molecule has 3 rings (SSSR count). The summed E-state index contributed by atoms with van der Waals surface area (Å²) in [6.45, 7) is 0.0815. The van der Waals surface area contributed by atoms with E-state index in [9.17, 15) is 18.8 Å². The first-order chi connectivity index (χ1) is 12.9. The van der Waals surface area contributed by atoms with Crippen LogP contribution in [0.4, 0.5) is 10.1 Å². The Labute approximate surface area is 153 Å². The van der Waals surface area contributed by atoms with Gasteiger partial charge in [-0.3, -0.25) is 14.4 Å². The van der Waals surface area contributed by atoms with Crippen LogP contribution in [0.15, 0.2) is 65.5 Å². The summed E-state index contributed by atoms with van der Waals surface area (Å²) in [4.78, 5) is 35.9. The number of benzene rings is 2. The quantitative estimate of drug-likeness (QED) is 0.718. The van der Waals surface area contributed by atoms with Gasteiger partial charge in [-0.05, 0) is 35.9 Å². The molecule has 0 bridgehead atoms. The van der Waals surface area contributed by atoms with Crippen molar-refractivity contribution in [3.8, 4) is 0 Å². The van der Waals surface area contributed by atoms with E-state index in [1.807, 2.05) is 0 Å². The van der Waals surface area contributed by atoms with E-state index in [1.165, 1.54) is 48.5 Å². The van der Waals surface area contributed by atoms with E-state index in [2.05, 4.69) is 10.4 Å². The largest absolute Gasteiger partial charge is 0.366 e. The van der Waals surface area contributed by atoms with Gasteiger partial charge in [-0.25, -0.2) is 9.07 Å². The Bertz CT molecular complexity index is 1060. The molecule has 0 fully saturated rings. The maximum Gasteiger partial charge on any atom is 0.276 e. The average molecular weight is 366 g/mol. The summed E-state index contributed by atoms with van der Waals surface area (Å²) in [6, 6.07) is 14.4. The van der Waals surface area contributed by atoms with Crippen molar-refractivity contribution in [2.24, 2.45) is 5.73 Å². The van der Waals surface area contributed by atoms with Crippen LogP contribution in [0, 0.1) is 5.82 Å². The third-order valence-corrected chi connectivity index (χ3v) is 3.79. The van der Waals surface area contributed by atoms with Gasteiger partial charge < -0.3 is 11.1 Å². The fourth-order valence-corrected chi connectivity index (χ4v) is 2.44. The van der Waals surface area contributed by atoms with Crippen LogP contribution in [-0.4, -0.2) is 21.6 Å². The minimum atomic E-state index is -0.680.